The number of piperidine rings is 1. The molecule has 1 aliphatic heterocycles. The first-order valence-corrected chi connectivity index (χ1v) is 7.43. The van der Waals surface area contributed by atoms with Gasteiger partial charge in [-0.2, -0.15) is 4.31 Å². The number of hydrogen-bond acceptors (Lipinski definition) is 3. The molecule has 4 nitrogen and oxygen atoms in total. The van der Waals surface area contributed by atoms with Gasteiger partial charge in [0.25, 0.3) is 0 Å². The summed E-state index contributed by atoms with van der Waals surface area (Å²) in [5.74, 6) is 0.283. The fourth-order valence-electron chi connectivity index (χ4n) is 2.15. The molecule has 1 fully saturated rings. The maximum Gasteiger partial charge on any atom is 0.214 e. The van der Waals surface area contributed by atoms with Crippen LogP contribution in [0.3, 0.4) is 0 Å². The van der Waals surface area contributed by atoms with E-state index in [1.54, 1.807) is 4.31 Å². The van der Waals surface area contributed by atoms with E-state index < -0.39 is 10.0 Å². The van der Waals surface area contributed by atoms with E-state index in [2.05, 4.69) is 5.32 Å². The van der Waals surface area contributed by atoms with Gasteiger partial charge in [0, 0.05) is 12.6 Å². The van der Waals surface area contributed by atoms with Crippen molar-refractivity contribution in [3.8, 4) is 0 Å². The highest BCUT2D eigenvalue weighted by molar-refractivity contribution is 7.89. The van der Waals surface area contributed by atoms with E-state index in [1.165, 1.54) is 0 Å². The average Bonchev–Trinajstić information content (AvgIpc) is 2.19. The van der Waals surface area contributed by atoms with Crippen LogP contribution < -0.4 is 5.32 Å². The van der Waals surface area contributed by atoms with Crippen molar-refractivity contribution in [2.24, 2.45) is 0 Å². The van der Waals surface area contributed by atoms with Crippen LogP contribution in [-0.2, 0) is 10.0 Å². The van der Waals surface area contributed by atoms with E-state index in [9.17, 15) is 8.42 Å². The zero-order chi connectivity index (χ0) is 11.3. The van der Waals surface area contributed by atoms with E-state index in [0.717, 1.165) is 25.9 Å². The van der Waals surface area contributed by atoms with Crippen molar-refractivity contribution in [1.82, 2.24) is 9.62 Å². The molecule has 5 heteroatoms. The first-order chi connectivity index (χ1) is 7.11. The third-order valence-electron chi connectivity index (χ3n) is 2.85. The summed E-state index contributed by atoms with van der Waals surface area (Å²) < 4.78 is 25.6. The number of nitrogens with zero attached hydrogens (tertiary/aromatic N) is 1. The maximum atomic E-state index is 12.0. The molecule has 0 aromatic carbocycles. The van der Waals surface area contributed by atoms with Crippen LogP contribution in [0.1, 0.15) is 33.1 Å². The highest BCUT2D eigenvalue weighted by atomic mass is 32.2. The van der Waals surface area contributed by atoms with Crippen LogP contribution >= 0.6 is 0 Å². The molecule has 0 radical (unpaired) electrons. The first-order valence-electron chi connectivity index (χ1n) is 5.82. The lowest BCUT2D eigenvalue weighted by Gasteiger charge is -2.32. The number of hydrogen-bond donors (Lipinski definition) is 1. The summed E-state index contributed by atoms with van der Waals surface area (Å²) in [7, 11) is -3.02. The zero-order valence-corrected chi connectivity index (χ0v) is 10.5. The van der Waals surface area contributed by atoms with E-state index in [0.29, 0.717) is 13.0 Å². The number of nitrogens with one attached hydrogen (secondary N) is 1. The Morgan fingerprint density at radius 3 is 2.33 bits per heavy atom. The summed E-state index contributed by atoms with van der Waals surface area (Å²) in [6.07, 6.45) is 2.58. The molecule has 15 heavy (non-hydrogen) atoms. The maximum absolute atomic E-state index is 12.0. The average molecular weight is 234 g/mol. The van der Waals surface area contributed by atoms with Crippen LogP contribution in [0.4, 0.5) is 0 Å². The minimum absolute atomic E-state index is 0.216. The molecule has 0 amide bonds. The molecule has 0 bridgehead atoms. The monoisotopic (exact) mass is 234 g/mol. The van der Waals surface area contributed by atoms with Crippen LogP contribution in [0, 0.1) is 0 Å². The third-order valence-corrected chi connectivity index (χ3v) is 5.04. The normalized spacial score (nSPS) is 19.7. The van der Waals surface area contributed by atoms with Crippen LogP contribution in [0.5, 0.6) is 0 Å². The fourth-order valence-corrected chi connectivity index (χ4v) is 3.96. The van der Waals surface area contributed by atoms with Crippen molar-refractivity contribution in [1.29, 1.82) is 0 Å². The van der Waals surface area contributed by atoms with Crippen molar-refractivity contribution in [2.45, 2.75) is 39.2 Å². The molecule has 1 saturated heterocycles. The van der Waals surface area contributed by atoms with Crippen molar-refractivity contribution >= 4 is 10.0 Å². The van der Waals surface area contributed by atoms with Crippen molar-refractivity contribution in [3.63, 3.8) is 0 Å². The number of sulfonamides is 1. The molecule has 1 N–H and O–H groups in total. The second-order valence-corrected chi connectivity index (χ2v) is 6.04. The van der Waals surface area contributed by atoms with Gasteiger partial charge >= 0.3 is 0 Å². The summed E-state index contributed by atoms with van der Waals surface area (Å²) in [5.41, 5.74) is 0. The Morgan fingerprint density at radius 1 is 1.27 bits per heavy atom. The molecule has 0 unspecified atom stereocenters. The molecule has 0 saturated carbocycles. The molecule has 1 heterocycles. The van der Waals surface area contributed by atoms with Crippen LogP contribution in [0.15, 0.2) is 0 Å². The molecule has 0 aliphatic carbocycles. The van der Waals surface area contributed by atoms with Gasteiger partial charge in [0.1, 0.15) is 0 Å². The van der Waals surface area contributed by atoms with Gasteiger partial charge in [-0.25, -0.2) is 8.42 Å². The first kappa shape index (κ1) is 12.9. The summed E-state index contributed by atoms with van der Waals surface area (Å²) in [6, 6.07) is 0.216. The third kappa shape index (κ3) is 3.43. The predicted octanol–water partition coefficient (Wildman–Crippen LogP) is 0.800. The Hall–Kier alpha value is -0.130. The van der Waals surface area contributed by atoms with E-state index in [-0.39, 0.29) is 11.8 Å². The minimum Gasteiger partial charge on any atom is -0.317 e. The van der Waals surface area contributed by atoms with Crippen molar-refractivity contribution in [3.05, 3.63) is 0 Å². The molecule has 0 aromatic rings. The topological polar surface area (TPSA) is 49.4 Å². The second-order valence-electron chi connectivity index (χ2n) is 4.00. The molecule has 0 atom stereocenters. The Kier molecular flexibility index (Phi) is 5.02. The van der Waals surface area contributed by atoms with Crippen molar-refractivity contribution in [2.75, 3.05) is 25.4 Å². The second kappa shape index (κ2) is 5.82. The smallest absolute Gasteiger partial charge is 0.214 e. The van der Waals surface area contributed by atoms with Crippen LogP contribution in [0.2, 0.25) is 0 Å². The van der Waals surface area contributed by atoms with Gasteiger partial charge in [-0.05, 0) is 32.4 Å². The van der Waals surface area contributed by atoms with Gasteiger partial charge in [0.2, 0.25) is 10.0 Å². The van der Waals surface area contributed by atoms with Gasteiger partial charge in [0.05, 0.1) is 5.75 Å². The van der Waals surface area contributed by atoms with Crippen molar-refractivity contribution < 1.29 is 8.42 Å². The Bertz CT molecular complexity index is 271. The fraction of sp³-hybridized carbons (Fsp3) is 1.00. The van der Waals surface area contributed by atoms with Gasteiger partial charge in [-0.1, -0.05) is 13.8 Å². The predicted molar refractivity (Wildman–Crippen MR) is 62.3 cm³/mol. The van der Waals surface area contributed by atoms with Gasteiger partial charge in [0.15, 0.2) is 0 Å². The minimum atomic E-state index is -3.02. The van der Waals surface area contributed by atoms with Crippen LogP contribution in [-0.4, -0.2) is 44.2 Å². The Labute approximate surface area is 93.1 Å². The van der Waals surface area contributed by atoms with E-state index >= 15 is 0 Å². The summed E-state index contributed by atoms with van der Waals surface area (Å²) in [5, 5.41) is 3.26. The molecule has 90 valence electrons. The Balaban J connectivity index is 2.68. The number of rotatable bonds is 5. The van der Waals surface area contributed by atoms with E-state index in [1.807, 2.05) is 13.8 Å². The highest BCUT2D eigenvalue weighted by Gasteiger charge is 2.28. The molecule has 1 aliphatic rings. The molecule has 1 rings (SSSR count). The molecular formula is C10H22N2O2S. The van der Waals surface area contributed by atoms with E-state index in [4.69, 9.17) is 0 Å². The SMILES string of the molecule is CCCS(=O)(=O)N(CC)C1CCNCC1. The molecule has 0 aromatic heterocycles. The van der Waals surface area contributed by atoms with Gasteiger partial charge in [-0.3, -0.25) is 0 Å². The zero-order valence-electron chi connectivity index (χ0n) is 9.70. The van der Waals surface area contributed by atoms with Gasteiger partial charge in [-0.15, -0.1) is 0 Å². The lowest BCUT2D eigenvalue weighted by Crippen LogP contribution is -2.46. The summed E-state index contributed by atoms with van der Waals surface area (Å²) >= 11 is 0. The standard InChI is InChI=1S/C10H22N2O2S/c1-3-9-15(13,14)12(4-2)10-5-7-11-8-6-10/h10-11H,3-9H2,1-2H3. The summed E-state index contributed by atoms with van der Waals surface area (Å²) in [4.78, 5) is 0. The molecule has 0 spiro atoms. The lowest BCUT2D eigenvalue weighted by atomic mass is 10.1. The lowest BCUT2D eigenvalue weighted by molar-refractivity contribution is 0.270. The van der Waals surface area contributed by atoms with Gasteiger partial charge < -0.3 is 5.32 Å². The largest absolute Gasteiger partial charge is 0.317 e. The Morgan fingerprint density at radius 2 is 1.87 bits per heavy atom. The quantitative estimate of drug-likeness (QED) is 0.765. The van der Waals surface area contributed by atoms with Crippen LogP contribution in [0.25, 0.3) is 0 Å². The highest BCUT2D eigenvalue weighted by Crippen LogP contribution is 2.16. The summed E-state index contributed by atoms with van der Waals surface area (Å²) in [6.45, 7) is 6.31. The molecular weight excluding hydrogens is 212 g/mol.